The SMILES string of the molecule is CCN1CCC(n2nccc2NC(=O)CC2CCCN2)CC1. The molecule has 6 heteroatoms. The highest BCUT2D eigenvalue weighted by Gasteiger charge is 2.23. The van der Waals surface area contributed by atoms with E-state index in [0.29, 0.717) is 18.5 Å². The van der Waals surface area contributed by atoms with Gasteiger partial charge in [-0.1, -0.05) is 6.92 Å². The van der Waals surface area contributed by atoms with E-state index in [0.717, 1.165) is 51.3 Å². The summed E-state index contributed by atoms with van der Waals surface area (Å²) in [7, 11) is 0. The van der Waals surface area contributed by atoms with Crippen LogP contribution in [0.3, 0.4) is 0 Å². The van der Waals surface area contributed by atoms with Crippen molar-refractivity contribution in [3.63, 3.8) is 0 Å². The summed E-state index contributed by atoms with van der Waals surface area (Å²) in [5.41, 5.74) is 0. The molecule has 3 heterocycles. The van der Waals surface area contributed by atoms with E-state index in [2.05, 4.69) is 27.6 Å². The van der Waals surface area contributed by atoms with Gasteiger partial charge in [-0.3, -0.25) is 4.79 Å². The lowest BCUT2D eigenvalue weighted by atomic mass is 10.1. The molecule has 1 amide bonds. The molecule has 0 spiro atoms. The average molecular weight is 305 g/mol. The Hall–Kier alpha value is -1.40. The predicted octanol–water partition coefficient (Wildman–Crippen LogP) is 1.62. The maximum atomic E-state index is 12.2. The molecule has 2 fully saturated rings. The zero-order chi connectivity index (χ0) is 15.4. The summed E-state index contributed by atoms with van der Waals surface area (Å²) < 4.78 is 2.01. The molecule has 0 saturated carbocycles. The number of anilines is 1. The molecule has 0 aliphatic carbocycles. The van der Waals surface area contributed by atoms with Gasteiger partial charge in [0.2, 0.25) is 5.91 Å². The van der Waals surface area contributed by atoms with Crippen LogP contribution in [0.2, 0.25) is 0 Å². The maximum Gasteiger partial charge on any atom is 0.227 e. The number of likely N-dealkylation sites (tertiary alicyclic amines) is 1. The highest BCUT2D eigenvalue weighted by atomic mass is 16.1. The summed E-state index contributed by atoms with van der Waals surface area (Å²) >= 11 is 0. The van der Waals surface area contributed by atoms with Crippen LogP contribution in [0, 0.1) is 0 Å². The molecule has 0 radical (unpaired) electrons. The number of piperidine rings is 1. The first kappa shape index (κ1) is 15.5. The Balaban J connectivity index is 1.56. The van der Waals surface area contributed by atoms with Gasteiger partial charge in [-0.2, -0.15) is 5.10 Å². The highest BCUT2D eigenvalue weighted by molar-refractivity contribution is 5.90. The van der Waals surface area contributed by atoms with Crippen LogP contribution >= 0.6 is 0 Å². The minimum Gasteiger partial charge on any atom is -0.313 e. The first-order valence-electron chi connectivity index (χ1n) is 8.55. The van der Waals surface area contributed by atoms with Crippen molar-refractivity contribution in [2.24, 2.45) is 0 Å². The normalized spacial score (nSPS) is 23.8. The second kappa shape index (κ2) is 7.24. The molecule has 0 bridgehead atoms. The van der Waals surface area contributed by atoms with Crippen molar-refractivity contribution in [3.8, 4) is 0 Å². The second-order valence-corrected chi connectivity index (χ2v) is 6.37. The maximum absolute atomic E-state index is 12.2. The van der Waals surface area contributed by atoms with Crippen molar-refractivity contribution in [1.82, 2.24) is 20.0 Å². The van der Waals surface area contributed by atoms with E-state index in [4.69, 9.17) is 0 Å². The van der Waals surface area contributed by atoms with E-state index >= 15 is 0 Å². The van der Waals surface area contributed by atoms with Gasteiger partial charge in [-0.15, -0.1) is 0 Å². The predicted molar refractivity (Wildman–Crippen MR) is 86.9 cm³/mol. The fourth-order valence-electron chi connectivity index (χ4n) is 3.53. The van der Waals surface area contributed by atoms with E-state index in [1.165, 1.54) is 6.42 Å². The molecule has 1 aromatic heterocycles. The molecule has 3 rings (SSSR count). The number of carbonyl (C=O) groups excluding carboxylic acids is 1. The van der Waals surface area contributed by atoms with Crippen LogP contribution in [0.15, 0.2) is 12.3 Å². The molecule has 2 saturated heterocycles. The zero-order valence-electron chi connectivity index (χ0n) is 13.4. The number of carbonyl (C=O) groups is 1. The zero-order valence-corrected chi connectivity index (χ0v) is 13.4. The molecule has 2 aliphatic heterocycles. The Morgan fingerprint density at radius 1 is 1.41 bits per heavy atom. The lowest BCUT2D eigenvalue weighted by molar-refractivity contribution is -0.116. The van der Waals surface area contributed by atoms with Gasteiger partial charge in [0.15, 0.2) is 0 Å². The largest absolute Gasteiger partial charge is 0.313 e. The van der Waals surface area contributed by atoms with Crippen LogP contribution in [-0.4, -0.2) is 52.8 Å². The van der Waals surface area contributed by atoms with Crippen LogP contribution in [0.5, 0.6) is 0 Å². The Morgan fingerprint density at radius 3 is 2.91 bits per heavy atom. The minimum atomic E-state index is 0.0899. The topological polar surface area (TPSA) is 62.2 Å². The minimum absolute atomic E-state index is 0.0899. The van der Waals surface area contributed by atoms with E-state index in [1.807, 2.05) is 10.7 Å². The number of nitrogens with one attached hydrogen (secondary N) is 2. The fraction of sp³-hybridized carbons (Fsp3) is 0.750. The van der Waals surface area contributed by atoms with Gasteiger partial charge < -0.3 is 15.5 Å². The van der Waals surface area contributed by atoms with Crippen LogP contribution in [-0.2, 0) is 4.79 Å². The van der Waals surface area contributed by atoms with Gasteiger partial charge in [0, 0.05) is 31.6 Å². The number of hydrogen-bond donors (Lipinski definition) is 2. The summed E-state index contributed by atoms with van der Waals surface area (Å²) in [4.78, 5) is 14.7. The van der Waals surface area contributed by atoms with Crippen molar-refractivity contribution in [2.45, 2.75) is 51.1 Å². The molecule has 0 aromatic carbocycles. The Morgan fingerprint density at radius 2 is 2.23 bits per heavy atom. The van der Waals surface area contributed by atoms with Gasteiger partial charge in [0.25, 0.3) is 0 Å². The Kier molecular flexibility index (Phi) is 5.10. The third-order valence-corrected chi connectivity index (χ3v) is 4.88. The van der Waals surface area contributed by atoms with Crippen molar-refractivity contribution in [1.29, 1.82) is 0 Å². The number of rotatable bonds is 5. The molecule has 1 unspecified atom stereocenters. The van der Waals surface area contributed by atoms with E-state index in [9.17, 15) is 4.79 Å². The summed E-state index contributed by atoms with van der Waals surface area (Å²) in [6.07, 6.45) is 6.81. The van der Waals surface area contributed by atoms with Crippen LogP contribution in [0.25, 0.3) is 0 Å². The van der Waals surface area contributed by atoms with Gasteiger partial charge in [-0.05, 0) is 38.8 Å². The smallest absolute Gasteiger partial charge is 0.227 e. The van der Waals surface area contributed by atoms with Gasteiger partial charge >= 0.3 is 0 Å². The molecular formula is C16H27N5O. The Labute approximate surface area is 132 Å². The van der Waals surface area contributed by atoms with Crippen LogP contribution < -0.4 is 10.6 Å². The van der Waals surface area contributed by atoms with Crippen molar-refractivity contribution in [3.05, 3.63) is 12.3 Å². The van der Waals surface area contributed by atoms with Crippen molar-refractivity contribution in [2.75, 3.05) is 31.5 Å². The monoisotopic (exact) mass is 305 g/mol. The summed E-state index contributed by atoms with van der Waals surface area (Å²) in [5, 5.41) is 10.9. The molecule has 22 heavy (non-hydrogen) atoms. The average Bonchev–Trinajstić information content (AvgIpc) is 3.19. The molecule has 2 aliphatic rings. The number of hydrogen-bond acceptors (Lipinski definition) is 4. The van der Waals surface area contributed by atoms with Gasteiger partial charge in [0.1, 0.15) is 5.82 Å². The Bertz CT molecular complexity index is 486. The van der Waals surface area contributed by atoms with E-state index in [-0.39, 0.29) is 5.91 Å². The summed E-state index contributed by atoms with van der Waals surface area (Å²) in [5.74, 6) is 0.935. The molecule has 1 atom stereocenters. The summed E-state index contributed by atoms with van der Waals surface area (Å²) in [6, 6.07) is 2.65. The van der Waals surface area contributed by atoms with E-state index in [1.54, 1.807) is 6.20 Å². The number of aromatic nitrogens is 2. The standard InChI is InChI=1S/C16H27N5O/c1-2-20-10-6-14(7-11-20)21-15(5-9-18-21)19-16(22)12-13-4-3-8-17-13/h5,9,13-14,17H,2-4,6-8,10-12H2,1H3,(H,19,22). The first-order chi connectivity index (χ1) is 10.8. The quantitative estimate of drug-likeness (QED) is 0.868. The second-order valence-electron chi connectivity index (χ2n) is 6.37. The molecule has 6 nitrogen and oxygen atoms in total. The fourth-order valence-corrected chi connectivity index (χ4v) is 3.53. The molecule has 2 N–H and O–H groups in total. The summed E-state index contributed by atoms with van der Waals surface area (Å²) in [6.45, 7) is 6.58. The van der Waals surface area contributed by atoms with Crippen molar-refractivity contribution >= 4 is 11.7 Å². The molecular weight excluding hydrogens is 278 g/mol. The number of nitrogens with zero attached hydrogens (tertiary/aromatic N) is 3. The van der Waals surface area contributed by atoms with Gasteiger partial charge in [-0.25, -0.2) is 4.68 Å². The third-order valence-electron chi connectivity index (χ3n) is 4.88. The van der Waals surface area contributed by atoms with Crippen LogP contribution in [0.4, 0.5) is 5.82 Å². The number of amides is 1. The highest BCUT2D eigenvalue weighted by Crippen LogP contribution is 2.25. The van der Waals surface area contributed by atoms with Gasteiger partial charge in [0.05, 0.1) is 12.2 Å². The first-order valence-corrected chi connectivity index (χ1v) is 8.55. The van der Waals surface area contributed by atoms with Crippen LogP contribution in [0.1, 0.15) is 45.1 Å². The lowest BCUT2D eigenvalue weighted by Crippen LogP contribution is -2.35. The lowest BCUT2D eigenvalue weighted by Gasteiger charge is -2.31. The van der Waals surface area contributed by atoms with E-state index < -0.39 is 0 Å². The third kappa shape index (κ3) is 3.67. The van der Waals surface area contributed by atoms with Crippen molar-refractivity contribution < 1.29 is 4.79 Å². The molecule has 1 aromatic rings. The molecule has 122 valence electrons.